The van der Waals surface area contributed by atoms with Crippen molar-refractivity contribution in [2.24, 2.45) is 0 Å². The number of aromatic nitrogens is 1. The van der Waals surface area contributed by atoms with Gasteiger partial charge in [0.25, 0.3) is 0 Å². The maximum absolute atomic E-state index is 11.9. The fourth-order valence-corrected chi connectivity index (χ4v) is 2.36. The van der Waals surface area contributed by atoms with Crippen LogP contribution in [0, 0.1) is 6.92 Å². The van der Waals surface area contributed by atoms with Gasteiger partial charge in [-0.25, -0.2) is 4.79 Å². The Kier molecular flexibility index (Phi) is 3.74. The van der Waals surface area contributed by atoms with Crippen LogP contribution in [0.1, 0.15) is 16.1 Å². The SMILES string of the molecule is COC(=O)c1c(-c2ccc(-c3ccccc3)cc2)noc1C. The Balaban J connectivity index is 1.99. The normalized spacial score (nSPS) is 10.5. The summed E-state index contributed by atoms with van der Waals surface area (Å²) >= 11 is 0. The molecule has 0 unspecified atom stereocenters. The summed E-state index contributed by atoms with van der Waals surface area (Å²) in [5, 5.41) is 3.98. The molecule has 1 heterocycles. The lowest BCUT2D eigenvalue weighted by atomic mass is 10.0. The molecule has 2 aromatic carbocycles. The lowest BCUT2D eigenvalue weighted by Crippen LogP contribution is -2.03. The number of carbonyl (C=O) groups excluding carboxylic acids is 1. The fraction of sp³-hybridized carbons (Fsp3) is 0.111. The second-order valence-electron chi connectivity index (χ2n) is 4.90. The van der Waals surface area contributed by atoms with E-state index in [1.165, 1.54) is 7.11 Å². The average molecular weight is 293 g/mol. The molecule has 0 atom stereocenters. The minimum atomic E-state index is -0.444. The van der Waals surface area contributed by atoms with Crippen LogP contribution >= 0.6 is 0 Å². The zero-order valence-corrected chi connectivity index (χ0v) is 12.4. The van der Waals surface area contributed by atoms with Gasteiger partial charge < -0.3 is 9.26 Å². The van der Waals surface area contributed by atoms with Crippen molar-refractivity contribution in [3.8, 4) is 22.4 Å². The molecular weight excluding hydrogens is 278 g/mol. The van der Waals surface area contributed by atoms with Gasteiger partial charge in [-0.2, -0.15) is 0 Å². The molecule has 0 fully saturated rings. The van der Waals surface area contributed by atoms with Gasteiger partial charge in [0.05, 0.1) is 7.11 Å². The molecule has 1 aromatic heterocycles. The minimum absolute atomic E-state index is 0.370. The number of aryl methyl sites for hydroxylation is 1. The fourth-order valence-electron chi connectivity index (χ4n) is 2.36. The number of carbonyl (C=O) groups is 1. The smallest absolute Gasteiger partial charge is 0.343 e. The molecule has 0 saturated heterocycles. The Hall–Kier alpha value is -2.88. The lowest BCUT2D eigenvalue weighted by Gasteiger charge is -2.04. The maximum Gasteiger partial charge on any atom is 0.343 e. The third kappa shape index (κ3) is 2.51. The van der Waals surface area contributed by atoms with Crippen molar-refractivity contribution in [1.29, 1.82) is 0 Å². The van der Waals surface area contributed by atoms with E-state index in [4.69, 9.17) is 9.26 Å². The van der Waals surface area contributed by atoms with E-state index in [1.807, 2.05) is 42.5 Å². The first-order valence-corrected chi connectivity index (χ1v) is 6.91. The standard InChI is InChI=1S/C18H15NO3/c1-12-16(18(20)21-2)17(19-22-12)15-10-8-14(9-11-15)13-6-4-3-5-7-13/h3-11H,1-2H3. The molecule has 0 saturated carbocycles. The number of hydrogen-bond donors (Lipinski definition) is 0. The summed E-state index contributed by atoms with van der Waals surface area (Å²) in [5.41, 5.74) is 3.93. The number of esters is 1. The number of ether oxygens (including phenoxy) is 1. The van der Waals surface area contributed by atoms with Crippen molar-refractivity contribution in [3.63, 3.8) is 0 Å². The minimum Gasteiger partial charge on any atom is -0.465 e. The number of hydrogen-bond acceptors (Lipinski definition) is 4. The maximum atomic E-state index is 11.9. The number of methoxy groups -OCH3 is 1. The monoisotopic (exact) mass is 293 g/mol. The molecule has 0 radical (unpaired) electrons. The van der Waals surface area contributed by atoms with Crippen LogP contribution in [-0.2, 0) is 4.74 Å². The molecule has 110 valence electrons. The third-order valence-electron chi connectivity index (χ3n) is 3.52. The molecular formula is C18H15NO3. The third-order valence-corrected chi connectivity index (χ3v) is 3.52. The first-order valence-electron chi connectivity index (χ1n) is 6.91. The predicted octanol–water partition coefficient (Wildman–Crippen LogP) is 4.10. The quantitative estimate of drug-likeness (QED) is 0.682. The van der Waals surface area contributed by atoms with Gasteiger partial charge in [0.15, 0.2) is 0 Å². The van der Waals surface area contributed by atoms with Crippen LogP contribution in [-0.4, -0.2) is 18.2 Å². The van der Waals surface area contributed by atoms with Crippen LogP contribution in [0.4, 0.5) is 0 Å². The molecule has 0 amide bonds. The summed E-state index contributed by atoms with van der Waals surface area (Å²) in [6.45, 7) is 1.70. The first kappa shape index (κ1) is 14.1. The zero-order chi connectivity index (χ0) is 15.5. The van der Waals surface area contributed by atoms with E-state index in [9.17, 15) is 4.79 Å². The van der Waals surface area contributed by atoms with Gasteiger partial charge >= 0.3 is 5.97 Å². The molecule has 3 aromatic rings. The Morgan fingerprint density at radius 3 is 2.18 bits per heavy atom. The molecule has 0 N–H and O–H groups in total. The van der Waals surface area contributed by atoms with E-state index in [0.717, 1.165) is 16.7 Å². The topological polar surface area (TPSA) is 52.3 Å². The van der Waals surface area contributed by atoms with Gasteiger partial charge in [-0.1, -0.05) is 59.8 Å². The summed E-state index contributed by atoms with van der Waals surface area (Å²) < 4.78 is 9.93. The van der Waals surface area contributed by atoms with E-state index in [2.05, 4.69) is 17.3 Å². The number of rotatable bonds is 3. The highest BCUT2D eigenvalue weighted by molar-refractivity contribution is 5.97. The summed E-state index contributed by atoms with van der Waals surface area (Å²) in [7, 11) is 1.34. The molecule has 0 bridgehead atoms. The van der Waals surface area contributed by atoms with Crippen LogP contribution in [0.2, 0.25) is 0 Å². The Bertz CT molecular complexity index is 789. The summed E-state index contributed by atoms with van der Waals surface area (Å²) in [5.74, 6) is 0.00914. The van der Waals surface area contributed by atoms with Crippen molar-refractivity contribution >= 4 is 5.97 Å². The molecule has 3 rings (SSSR count). The second-order valence-corrected chi connectivity index (χ2v) is 4.90. The van der Waals surface area contributed by atoms with Crippen molar-refractivity contribution in [1.82, 2.24) is 5.16 Å². The van der Waals surface area contributed by atoms with Gasteiger partial charge in [0.1, 0.15) is 17.0 Å². The predicted molar refractivity (Wildman–Crippen MR) is 83.5 cm³/mol. The Morgan fingerprint density at radius 1 is 0.955 bits per heavy atom. The number of benzene rings is 2. The van der Waals surface area contributed by atoms with Crippen molar-refractivity contribution in [2.45, 2.75) is 6.92 Å². The van der Waals surface area contributed by atoms with Gasteiger partial charge in [0.2, 0.25) is 0 Å². The van der Waals surface area contributed by atoms with Gasteiger partial charge in [-0.15, -0.1) is 0 Å². The molecule has 0 spiro atoms. The summed E-state index contributed by atoms with van der Waals surface area (Å²) in [4.78, 5) is 11.9. The van der Waals surface area contributed by atoms with E-state index < -0.39 is 5.97 Å². The molecule has 4 nitrogen and oxygen atoms in total. The van der Waals surface area contributed by atoms with Crippen LogP contribution in [0.3, 0.4) is 0 Å². The summed E-state index contributed by atoms with van der Waals surface area (Å²) in [6.07, 6.45) is 0. The Labute approximate surface area is 128 Å². The zero-order valence-electron chi connectivity index (χ0n) is 12.4. The van der Waals surface area contributed by atoms with Gasteiger partial charge in [-0.05, 0) is 18.1 Å². The highest BCUT2D eigenvalue weighted by atomic mass is 16.5. The number of nitrogens with zero attached hydrogens (tertiary/aromatic N) is 1. The first-order chi connectivity index (χ1) is 10.7. The molecule has 4 heteroatoms. The van der Waals surface area contributed by atoms with Crippen LogP contribution in [0.15, 0.2) is 59.1 Å². The van der Waals surface area contributed by atoms with Crippen molar-refractivity contribution < 1.29 is 14.1 Å². The highest BCUT2D eigenvalue weighted by Crippen LogP contribution is 2.28. The Morgan fingerprint density at radius 2 is 1.55 bits per heavy atom. The van der Waals surface area contributed by atoms with Crippen molar-refractivity contribution in [3.05, 3.63) is 65.9 Å². The van der Waals surface area contributed by atoms with Crippen LogP contribution < -0.4 is 0 Å². The van der Waals surface area contributed by atoms with E-state index >= 15 is 0 Å². The summed E-state index contributed by atoms with van der Waals surface area (Å²) in [6, 6.07) is 17.9. The molecule has 0 aliphatic heterocycles. The highest BCUT2D eigenvalue weighted by Gasteiger charge is 2.22. The average Bonchev–Trinajstić information content (AvgIpc) is 2.97. The van der Waals surface area contributed by atoms with E-state index in [1.54, 1.807) is 6.92 Å². The lowest BCUT2D eigenvalue weighted by molar-refractivity contribution is 0.0599. The van der Waals surface area contributed by atoms with Gasteiger partial charge in [-0.3, -0.25) is 0 Å². The largest absolute Gasteiger partial charge is 0.465 e. The second kappa shape index (κ2) is 5.85. The van der Waals surface area contributed by atoms with E-state index in [-0.39, 0.29) is 0 Å². The van der Waals surface area contributed by atoms with E-state index in [0.29, 0.717) is 17.0 Å². The molecule has 0 aliphatic carbocycles. The van der Waals surface area contributed by atoms with Crippen LogP contribution in [0.25, 0.3) is 22.4 Å². The molecule has 0 aliphatic rings. The van der Waals surface area contributed by atoms with Crippen molar-refractivity contribution in [2.75, 3.05) is 7.11 Å². The molecule has 22 heavy (non-hydrogen) atoms. The van der Waals surface area contributed by atoms with Gasteiger partial charge in [0, 0.05) is 5.56 Å². The van der Waals surface area contributed by atoms with Crippen LogP contribution in [0.5, 0.6) is 0 Å².